The van der Waals surface area contributed by atoms with Crippen LogP contribution in [0.3, 0.4) is 0 Å². The Morgan fingerprint density at radius 2 is 1.82 bits per heavy atom. The molecule has 0 radical (unpaired) electrons. The maximum Gasteiger partial charge on any atom is 0.352 e. The molecule has 7 nitrogen and oxygen atoms in total. The summed E-state index contributed by atoms with van der Waals surface area (Å²) in [6.07, 6.45) is 0. The first-order valence-electron chi connectivity index (χ1n) is 6.63. The van der Waals surface area contributed by atoms with E-state index in [0.29, 0.717) is 12.1 Å². The van der Waals surface area contributed by atoms with Crippen molar-refractivity contribution in [1.29, 1.82) is 0 Å². The van der Waals surface area contributed by atoms with Crippen LogP contribution in [0.2, 0.25) is 0 Å². The van der Waals surface area contributed by atoms with Crippen molar-refractivity contribution < 1.29 is 4.39 Å². The normalized spacial score (nSPS) is 11.0. The molecule has 0 aromatic heterocycles. The number of aryl methyl sites for hydroxylation is 1. The summed E-state index contributed by atoms with van der Waals surface area (Å²) in [6.45, 7) is 2.22. The van der Waals surface area contributed by atoms with Crippen LogP contribution in [0.5, 0.6) is 0 Å². The Morgan fingerprint density at radius 1 is 1.14 bits per heavy atom. The van der Waals surface area contributed by atoms with E-state index in [1.54, 1.807) is 0 Å². The van der Waals surface area contributed by atoms with E-state index in [9.17, 15) is 14.0 Å². The molecule has 0 bridgehead atoms. The third-order valence-electron chi connectivity index (χ3n) is 3.29. The van der Waals surface area contributed by atoms with Gasteiger partial charge in [0.2, 0.25) is 0 Å². The molecule has 0 amide bonds. The Balaban J connectivity index is 2.35. The lowest BCUT2D eigenvalue weighted by atomic mass is 10.2. The monoisotopic (exact) mass is 301 g/mol. The lowest BCUT2D eigenvalue weighted by Gasteiger charge is -2.13. The quantitative estimate of drug-likeness (QED) is 0.694. The minimum Gasteiger partial charge on any atom is -0.267 e. The molecule has 3 rings (SSSR count). The van der Waals surface area contributed by atoms with E-state index in [2.05, 4.69) is 15.1 Å². The van der Waals surface area contributed by atoms with Gasteiger partial charge in [0.15, 0.2) is 17.3 Å². The van der Waals surface area contributed by atoms with Crippen LogP contribution < -0.4 is 11.2 Å². The number of fused-ring (bicyclic) bond motifs is 1. The zero-order chi connectivity index (χ0) is 15.9. The van der Waals surface area contributed by atoms with Crippen LogP contribution in [0.4, 0.5) is 4.39 Å². The van der Waals surface area contributed by atoms with Gasteiger partial charge in [-0.05, 0) is 31.2 Å². The molecule has 0 saturated heterocycles. The maximum absolute atomic E-state index is 13.0. The molecule has 8 heteroatoms. The van der Waals surface area contributed by atoms with Gasteiger partial charge < -0.3 is 0 Å². The second kappa shape index (κ2) is 5.14. The van der Waals surface area contributed by atoms with E-state index in [1.807, 2.05) is 6.92 Å². The van der Waals surface area contributed by atoms with Crippen LogP contribution in [-0.2, 0) is 13.6 Å². The first-order valence-corrected chi connectivity index (χ1v) is 6.63. The molecule has 0 fully saturated rings. The van der Waals surface area contributed by atoms with Crippen molar-refractivity contribution in [2.24, 2.45) is 7.05 Å². The molecule has 1 aromatic rings. The van der Waals surface area contributed by atoms with Crippen LogP contribution in [0.1, 0.15) is 6.92 Å². The topological polar surface area (TPSA) is 82.7 Å². The van der Waals surface area contributed by atoms with Gasteiger partial charge in [0.05, 0.1) is 0 Å². The number of hydrogen-bond acceptors (Lipinski definition) is 5. The second-order valence-electron chi connectivity index (χ2n) is 4.69. The fourth-order valence-corrected chi connectivity index (χ4v) is 2.07. The number of nitrogens with zero attached hydrogens (tertiary/aromatic N) is 5. The van der Waals surface area contributed by atoms with Crippen LogP contribution in [0.15, 0.2) is 33.9 Å². The first-order chi connectivity index (χ1) is 10.5. The Kier molecular flexibility index (Phi) is 3.28. The minimum absolute atomic E-state index is 0.0540. The zero-order valence-electron chi connectivity index (χ0n) is 11.9. The first kappa shape index (κ1) is 14.1. The minimum atomic E-state index is -0.655. The van der Waals surface area contributed by atoms with Crippen molar-refractivity contribution in [3.8, 4) is 22.9 Å². The molecule has 0 unspecified atom stereocenters. The Morgan fingerprint density at radius 3 is 2.45 bits per heavy atom. The fourth-order valence-electron chi connectivity index (χ4n) is 2.07. The molecular weight excluding hydrogens is 289 g/mol. The van der Waals surface area contributed by atoms with E-state index in [1.165, 1.54) is 36.0 Å². The highest BCUT2D eigenvalue weighted by molar-refractivity contribution is 5.59. The highest BCUT2D eigenvalue weighted by atomic mass is 19.1. The summed E-state index contributed by atoms with van der Waals surface area (Å²) in [6, 6.07) is 5.62. The van der Waals surface area contributed by atoms with E-state index >= 15 is 0 Å². The smallest absolute Gasteiger partial charge is 0.267 e. The fraction of sp³-hybridized carbons (Fsp3) is 0.214. The number of aromatic nitrogens is 5. The van der Waals surface area contributed by atoms with Gasteiger partial charge in [-0.1, -0.05) is 0 Å². The predicted molar refractivity (Wildman–Crippen MR) is 77.0 cm³/mol. The van der Waals surface area contributed by atoms with Gasteiger partial charge in [0.25, 0.3) is 5.56 Å². The molecule has 2 aliphatic heterocycles. The van der Waals surface area contributed by atoms with Gasteiger partial charge in [-0.25, -0.2) is 18.9 Å². The highest BCUT2D eigenvalue weighted by Crippen LogP contribution is 2.18. The van der Waals surface area contributed by atoms with Crippen LogP contribution in [-0.4, -0.2) is 24.3 Å². The maximum atomic E-state index is 13.0. The van der Waals surface area contributed by atoms with Gasteiger partial charge in [-0.3, -0.25) is 9.36 Å². The molecule has 112 valence electrons. The van der Waals surface area contributed by atoms with Gasteiger partial charge in [0, 0.05) is 19.2 Å². The van der Waals surface area contributed by atoms with Crippen molar-refractivity contribution in [3.05, 3.63) is 50.9 Å². The summed E-state index contributed by atoms with van der Waals surface area (Å²) in [7, 11) is 1.34. The number of hydrogen-bond donors (Lipinski definition) is 0. The lowest BCUT2D eigenvalue weighted by Crippen LogP contribution is -2.37. The van der Waals surface area contributed by atoms with Crippen molar-refractivity contribution in [3.63, 3.8) is 0 Å². The van der Waals surface area contributed by atoms with Crippen LogP contribution >= 0.6 is 0 Å². The Hall–Kier alpha value is -2.90. The van der Waals surface area contributed by atoms with Crippen molar-refractivity contribution in [1.82, 2.24) is 24.3 Å². The molecule has 0 aliphatic carbocycles. The average molecular weight is 301 g/mol. The van der Waals surface area contributed by atoms with E-state index < -0.39 is 11.2 Å². The average Bonchev–Trinajstić information content (AvgIpc) is 2.53. The third kappa shape index (κ3) is 2.18. The SMILES string of the molecule is CCn1nc(-c2ccc(F)cc2)nc2c(=O)n(C)c(=O)nc1-2. The predicted octanol–water partition coefficient (Wildman–Crippen LogP) is 0.663. The van der Waals surface area contributed by atoms with Gasteiger partial charge in [0.1, 0.15) is 5.82 Å². The molecule has 0 spiro atoms. The molecule has 1 aromatic carbocycles. The Bertz CT molecular complexity index is 930. The largest absolute Gasteiger partial charge is 0.352 e. The molecular formula is C14H12FN5O2. The second-order valence-corrected chi connectivity index (χ2v) is 4.69. The van der Waals surface area contributed by atoms with Gasteiger partial charge >= 0.3 is 5.69 Å². The van der Waals surface area contributed by atoms with Gasteiger partial charge in [-0.15, -0.1) is 0 Å². The van der Waals surface area contributed by atoms with E-state index in [-0.39, 0.29) is 23.2 Å². The van der Waals surface area contributed by atoms with Crippen molar-refractivity contribution >= 4 is 0 Å². The lowest BCUT2D eigenvalue weighted by molar-refractivity contribution is 0.612. The summed E-state index contributed by atoms with van der Waals surface area (Å²) >= 11 is 0. The standard InChI is InChI=1S/C14H12FN5O2/c1-3-20-12-10(13(21)19(2)14(22)17-12)16-11(18-20)8-4-6-9(15)7-5-8/h4-7H,3H2,1-2H3. The molecule has 0 N–H and O–H groups in total. The third-order valence-corrected chi connectivity index (χ3v) is 3.29. The molecule has 0 saturated carbocycles. The van der Waals surface area contributed by atoms with E-state index in [4.69, 9.17) is 0 Å². The highest BCUT2D eigenvalue weighted by Gasteiger charge is 2.20. The number of halogens is 1. The van der Waals surface area contributed by atoms with Crippen molar-refractivity contribution in [2.75, 3.05) is 0 Å². The van der Waals surface area contributed by atoms with Crippen LogP contribution in [0, 0.1) is 5.82 Å². The van der Waals surface area contributed by atoms with Gasteiger partial charge in [-0.2, -0.15) is 10.1 Å². The summed E-state index contributed by atoms with van der Waals surface area (Å²) in [5, 5.41) is 4.26. The van der Waals surface area contributed by atoms with E-state index in [0.717, 1.165) is 4.57 Å². The number of benzene rings is 1. The zero-order valence-corrected chi connectivity index (χ0v) is 11.9. The van der Waals surface area contributed by atoms with Crippen LogP contribution in [0.25, 0.3) is 22.9 Å². The summed E-state index contributed by atoms with van der Waals surface area (Å²) in [5.74, 6) is 0.0369. The molecule has 0 atom stereocenters. The molecule has 2 aliphatic rings. The number of rotatable bonds is 2. The molecule has 2 heterocycles. The summed E-state index contributed by atoms with van der Waals surface area (Å²) in [4.78, 5) is 31.9. The molecule has 22 heavy (non-hydrogen) atoms. The summed E-state index contributed by atoms with van der Waals surface area (Å²) in [5.41, 5.74) is -0.571. The summed E-state index contributed by atoms with van der Waals surface area (Å²) < 4.78 is 15.3. The Labute approximate surface area is 124 Å². The van der Waals surface area contributed by atoms with Crippen molar-refractivity contribution in [2.45, 2.75) is 13.5 Å².